The summed E-state index contributed by atoms with van der Waals surface area (Å²) in [7, 11) is -4.11. The third-order valence-electron chi connectivity index (χ3n) is 2.91. The van der Waals surface area contributed by atoms with Gasteiger partial charge in [0, 0.05) is 6.07 Å². The van der Waals surface area contributed by atoms with E-state index < -0.39 is 27.8 Å². The SMILES string of the molecule is Cc1ccc(S(=O)(=O)Nc2ccc(C#N)cc2OC(F)(F)F)cc1. The molecule has 0 fully saturated rings. The summed E-state index contributed by atoms with van der Waals surface area (Å²) in [4.78, 5) is -0.115. The van der Waals surface area contributed by atoms with Crippen LogP contribution in [0.4, 0.5) is 18.9 Å². The highest BCUT2D eigenvalue weighted by atomic mass is 32.2. The standard InChI is InChI=1S/C15H11F3N2O3S/c1-10-2-5-12(6-3-10)24(21,22)20-13-7-4-11(9-19)8-14(13)23-15(16,17)18/h2-8,20H,1H3. The Morgan fingerprint density at radius 1 is 1.12 bits per heavy atom. The topological polar surface area (TPSA) is 79.2 Å². The van der Waals surface area contributed by atoms with Crippen molar-refractivity contribution in [3.05, 3.63) is 53.6 Å². The van der Waals surface area contributed by atoms with Crippen molar-refractivity contribution in [1.82, 2.24) is 0 Å². The lowest BCUT2D eigenvalue weighted by Crippen LogP contribution is -2.20. The molecule has 2 rings (SSSR count). The van der Waals surface area contributed by atoms with Crippen molar-refractivity contribution in [2.24, 2.45) is 0 Å². The summed E-state index contributed by atoms with van der Waals surface area (Å²) in [6.45, 7) is 1.76. The first-order valence-electron chi connectivity index (χ1n) is 6.50. The van der Waals surface area contributed by atoms with Gasteiger partial charge in [0.15, 0.2) is 5.75 Å². The molecule has 2 aromatic carbocycles. The summed E-state index contributed by atoms with van der Waals surface area (Å²) in [6, 6.07) is 10.4. The highest BCUT2D eigenvalue weighted by Gasteiger charge is 2.33. The van der Waals surface area contributed by atoms with Gasteiger partial charge in [-0.05, 0) is 31.2 Å². The number of nitriles is 1. The molecule has 9 heteroatoms. The number of rotatable bonds is 4. The van der Waals surface area contributed by atoms with Gasteiger partial charge in [0.2, 0.25) is 0 Å². The van der Waals surface area contributed by atoms with Crippen LogP contribution in [0.1, 0.15) is 11.1 Å². The van der Waals surface area contributed by atoms with Crippen LogP contribution < -0.4 is 9.46 Å². The van der Waals surface area contributed by atoms with Crippen LogP contribution in [0.3, 0.4) is 0 Å². The second kappa shape index (κ2) is 6.41. The molecule has 0 saturated carbocycles. The quantitative estimate of drug-likeness (QED) is 0.908. The van der Waals surface area contributed by atoms with Crippen molar-refractivity contribution in [3.63, 3.8) is 0 Å². The average Bonchev–Trinajstić information content (AvgIpc) is 2.48. The Kier molecular flexibility index (Phi) is 4.71. The summed E-state index contributed by atoms with van der Waals surface area (Å²) >= 11 is 0. The Morgan fingerprint density at radius 2 is 1.75 bits per heavy atom. The van der Waals surface area contributed by atoms with E-state index in [9.17, 15) is 21.6 Å². The lowest BCUT2D eigenvalue weighted by atomic mass is 10.2. The highest BCUT2D eigenvalue weighted by molar-refractivity contribution is 7.92. The lowest BCUT2D eigenvalue weighted by molar-refractivity contribution is -0.274. The third-order valence-corrected chi connectivity index (χ3v) is 4.29. The van der Waals surface area contributed by atoms with Crippen LogP contribution in [-0.4, -0.2) is 14.8 Å². The van der Waals surface area contributed by atoms with E-state index in [4.69, 9.17) is 5.26 Å². The highest BCUT2D eigenvalue weighted by Crippen LogP contribution is 2.32. The van der Waals surface area contributed by atoms with E-state index in [0.717, 1.165) is 17.7 Å². The molecule has 0 spiro atoms. The molecule has 0 atom stereocenters. The molecule has 0 unspecified atom stereocenters. The number of hydrogen-bond acceptors (Lipinski definition) is 4. The molecule has 0 bridgehead atoms. The number of hydrogen-bond donors (Lipinski definition) is 1. The van der Waals surface area contributed by atoms with Crippen LogP contribution in [0.2, 0.25) is 0 Å². The maximum absolute atomic E-state index is 12.5. The normalized spacial score (nSPS) is 11.6. The third kappa shape index (κ3) is 4.39. The molecule has 0 saturated heterocycles. The van der Waals surface area contributed by atoms with Crippen molar-refractivity contribution < 1.29 is 26.3 Å². The van der Waals surface area contributed by atoms with Crippen LogP contribution >= 0.6 is 0 Å². The number of benzene rings is 2. The van der Waals surface area contributed by atoms with Crippen LogP contribution in [0.5, 0.6) is 5.75 Å². The maximum atomic E-state index is 12.5. The number of anilines is 1. The summed E-state index contributed by atoms with van der Waals surface area (Å²) in [5.74, 6) is -0.808. The van der Waals surface area contributed by atoms with Gasteiger partial charge in [-0.3, -0.25) is 4.72 Å². The largest absolute Gasteiger partial charge is 0.573 e. The van der Waals surface area contributed by atoms with Gasteiger partial charge in [-0.2, -0.15) is 5.26 Å². The molecule has 5 nitrogen and oxygen atoms in total. The first-order chi connectivity index (χ1) is 11.1. The van der Waals surface area contributed by atoms with E-state index in [1.165, 1.54) is 18.2 Å². The van der Waals surface area contributed by atoms with E-state index in [1.54, 1.807) is 25.1 Å². The molecule has 126 valence electrons. The predicted octanol–water partition coefficient (Wildman–Crippen LogP) is 3.57. The molecule has 0 aliphatic carbocycles. The first-order valence-corrected chi connectivity index (χ1v) is 7.98. The van der Waals surface area contributed by atoms with Crippen molar-refractivity contribution >= 4 is 15.7 Å². The summed E-state index contributed by atoms with van der Waals surface area (Å²) in [5.41, 5.74) is 0.299. The number of alkyl halides is 3. The Hall–Kier alpha value is -2.73. The van der Waals surface area contributed by atoms with E-state index in [1.807, 2.05) is 4.72 Å². The number of sulfonamides is 1. The Morgan fingerprint density at radius 3 is 2.29 bits per heavy atom. The molecule has 24 heavy (non-hydrogen) atoms. The first kappa shape index (κ1) is 17.6. The van der Waals surface area contributed by atoms with Crippen LogP contribution in [-0.2, 0) is 10.0 Å². The molecule has 0 heterocycles. The maximum Gasteiger partial charge on any atom is 0.573 e. The molecular weight excluding hydrogens is 345 g/mol. The van der Waals surface area contributed by atoms with E-state index in [-0.39, 0.29) is 10.5 Å². The van der Waals surface area contributed by atoms with Gasteiger partial charge < -0.3 is 4.74 Å². The zero-order valence-electron chi connectivity index (χ0n) is 12.3. The molecule has 0 aromatic heterocycles. The van der Waals surface area contributed by atoms with E-state index >= 15 is 0 Å². The fourth-order valence-corrected chi connectivity index (χ4v) is 2.88. The van der Waals surface area contributed by atoms with Crippen molar-refractivity contribution in [3.8, 4) is 11.8 Å². The molecular formula is C15H11F3N2O3S. The van der Waals surface area contributed by atoms with Crippen LogP contribution in [0.15, 0.2) is 47.4 Å². The molecule has 1 N–H and O–H groups in total. The zero-order valence-corrected chi connectivity index (χ0v) is 13.1. The van der Waals surface area contributed by atoms with E-state index in [2.05, 4.69) is 4.74 Å². The van der Waals surface area contributed by atoms with Crippen molar-refractivity contribution in [2.75, 3.05) is 4.72 Å². The van der Waals surface area contributed by atoms with Crippen LogP contribution in [0, 0.1) is 18.3 Å². The molecule has 0 amide bonds. The number of halogens is 3. The minimum Gasteiger partial charge on any atom is -0.403 e. The second-order valence-corrected chi connectivity index (χ2v) is 6.47. The van der Waals surface area contributed by atoms with Gasteiger partial charge in [-0.25, -0.2) is 8.42 Å². The number of aryl methyl sites for hydroxylation is 1. The molecule has 0 radical (unpaired) electrons. The molecule has 2 aromatic rings. The monoisotopic (exact) mass is 356 g/mol. The zero-order chi connectivity index (χ0) is 18.0. The second-order valence-electron chi connectivity index (χ2n) is 4.79. The average molecular weight is 356 g/mol. The number of nitrogens with zero attached hydrogens (tertiary/aromatic N) is 1. The lowest BCUT2D eigenvalue weighted by Gasteiger charge is -2.15. The molecule has 0 aliphatic heterocycles. The van der Waals surface area contributed by atoms with Gasteiger partial charge >= 0.3 is 6.36 Å². The van der Waals surface area contributed by atoms with Gasteiger partial charge in [0.1, 0.15) is 0 Å². The summed E-state index contributed by atoms with van der Waals surface area (Å²) in [6.07, 6.45) is -5.03. The summed E-state index contributed by atoms with van der Waals surface area (Å²) in [5, 5.41) is 8.76. The summed E-state index contributed by atoms with van der Waals surface area (Å²) < 4.78 is 67.8. The number of nitrogens with one attached hydrogen (secondary N) is 1. The Balaban J connectivity index is 2.41. The van der Waals surface area contributed by atoms with Gasteiger partial charge in [0.25, 0.3) is 10.0 Å². The minimum atomic E-state index is -5.03. The smallest absolute Gasteiger partial charge is 0.403 e. The van der Waals surface area contributed by atoms with Crippen molar-refractivity contribution in [2.45, 2.75) is 18.2 Å². The van der Waals surface area contributed by atoms with Crippen LogP contribution in [0.25, 0.3) is 0 Å². The molecule has 0 aliphatic rings. The fraction of sp³-hybridized carbons (Fsp3) is 0.133. The van der Waals surface area contributed by atoms with Crippen molar-refractivity contribution in [1.29, 1.82) is 5.26 Å². The Labute approximate surface area is 136 Å². The minimum absolute atomic E-state index is 0.104. The Bertz CT molecular complexity index is 886. The fourth-order valence-electron chi connectivity index (χ4n) is 1.81. The number of ether oxygens (including phenoxy) is 1. The van der Waals surface area contributed by atoms with Gasteiger partial charge in [0.05, 0.1) is 22.2 Å². The predicted molar refractivity (Wildman–Crippen MR) is 79.8 cm³/mol. The van der Waals surface area contributed by atoms with Gasteiger partial charge in [-0.1, -0.05) is 17.7 Å². The van der Waals surface area contributed by atoms with Gasteiger partial charge in [-0.15, -0.1) is 13.2 Å². The van der Waals surface area contributed by atoms with E-state index in [0.29, 0.717) is 0 Å².